The van der Waals surface area contributed by atoms with Crippen LogP contribution < -0.4 is 5.32 Å². The maximum atomic E-state index is 11.2. The van der Waals surface area contributed by atoms with Gasteiger partial charge >= 0.3 is 6.09 Å². The van der Waals surface area contributed by atoms with E-state index in [4.69, 9.17) is 4.74 Å². The van der Waals surface area contributed by atoms with E-state index in [2.05, 4.69) is 26.1 Å². The molecule has 88 valence electrons. The predicted octanol–water partition coefficient (Wildman–Crippen LogP) is 2.80. The van der Waals surface area contributed by atoms with Crippen LogP contribution in [-0.2, 0) is 4.74 Å². The fraction of sp³-hybridized carbons (Fsp3) is 0.917. The highest BCUT2D eigenvalue weighted by molar-refractivity contribution is 5.66. The van der Waals surface area contributed by atoms with E-state index in [9.17, 15) is 4.79 Å². The maximum Gasteiger partial charge on any atom is 0.407 e. The van der Waals surface area contributed by atoms with Gasteiger partial charge in [0.05, 0.1) is 0 Å². The highest BCUT2D eigenvalue weighted by atomic mass is 16.6. The summed E-state index contributed by atoms with van der Waals surface area (Å²) in [4.78, 5) is 11.2. The van der Waals surface area contributed by atoms with E-state index >= 15 is 0 Å². The second kappa shape index (κ2) is 5.38. The molecule has 0 radical (unpaired) electrons. The van der Waals surface area contributed by atoms with Crippen molar-refractivity contribution in [3.05, 3.63) is 0 Å². The van der Waals surface area contributed by atoms with Crippen LogP contribution in [0.4, 0.5) is 4.79 Å². The zero-order valence-corrected chi connectivity index (χ0v) is 10.2. The molecule has 0 aromatic carbocycles. The molecule has 3 atom stereocenters. The lowest BCUT2D eigenvalue weighted by Gasteiger charge is -2.36. The average Bonchev–Trinajstić information content (AvgIpc) is 2.17. The summed E-state index contributed by atoms with van der Waals surface area (Å²) in [5.41, 5.74) is 0. The molecule has 0 bridgehead atoms. The number of amides is 1. The van der Waals surface area contributed by atoms with Crippen molar-refractivity contribution >= 4 is 6.09 Å². The zero-order chi connectivity index (χ0) is 11.4. The van der Waals surface area contributed by atoms with Gasteiger partial charge in [-0.15, -0.1) is 0 Å². The van der Waals surface area contributed by atoms with Crippen LogP contribution in [0.5, 0.6) is 0 Å². The molecule has 3 nitrogen and oxygen atoms in total. The summed E-state index contributed by atoms with van der Waals surface area (Å²) >= 11 is 0. The normalized spacial score (nSPS) is 31.4. The van der Waals surface area contributed by atoms with Crippen molar-refractivity contribution in [1.29, 1.82) is 0 Å². The summed E-state index contributed by atoms with van der Waals surface area (Å²) in [5, 5.41) is 2.53. The Bertz CT molecular complexity index is 216. The summed E-state index contributed by atoms with van der Waals surface area (Å²) in [5.74, 6) is 1.79. The molecule has 1 aliphatic carbocycles. The quantitative estimate of drug-likeness (QED) is 0.766. The monoisotopic (exact) mass is 213 g/mol. The van der Waals surface area contributed by atoms with E-state index in [-0.39, 0.29) is 12.2 Å². The smallest absolute Gasteiger partial charge is 0.407 e. The van der Waals surface area contributed by atoms with Gasteiger partial charge in [-0.05, 0) is 30.6 Å². The number of alkyl carbamates (subject to hydrolysis) is 1. The molecule has 1 amide bonds. The largest absolute Gasteiger partial charge is 0.446 e. The summed E-state index contributed by atoms with van der Waals surface area (Å²) in [6.07, 6.45) is 3.26. The van der Waals surface area contributed by atoms with E-state index in [0.29, 0.717) is 17.8 Å². The predicted molar refractivity (Wildman–Crippen MR) is 60.7 cm³/mol. The molecule has 0 unspecified atom stereocenters. The molecule has 0 heterocycles. The number of nitrogens with one attached hydrogen (secondary N) is 1. The molecule has 15 heavy (non-hydrogen) atoms. The van der Waals surface area contributed by atoms with Gasteiger partial charge < -0.3 is 10.1 Å². The Labute approximate surface area is 92.6 Å². The lowest BCUT2D eigenvalue weighted by Crippen LogP contribution is -2.38. The molecule has 0 aromatic rings. The van der Waals surface area contributed by atoms with Crippen LogP contribution in [0.1, 0.15) is 40.0 Å². The van der Waals surface area contributed by atoms with E-state index in [1.807, 2.05) is 0 Å². The molecule has 0 aromatic heterocycles. The number of carbonyl (C=O) groups is 1. The van der Waals surface area contributed by atoms with Crippen LogP contribution in [0.3, 0.4) is 0 Å². The summed E-state index contributed by atoms with van der Waals surface area (Å²) < 4.78 is 5.43. The van der Waals surface area contributed by atoms with Gasteiger partial charge in [-0.1, -0.05) is 27.2 Å². The molecule has 0 saturated heterocycles. The third-order valence-corrected chi connectivity index (χ3v) is 3.42. The standard InChI is InChI=1S/C12H23NO2/c1-8(2)10-6-5-9(3)7-11(10)15-12(14)13-4/h8-11H,5-7H2,1-4H3,(H,13,14)/t9-,10+,11-/m0/s1. The highest BCUT2D eigenvalue weighted by Crippen LogP contribution is 2.35. The van der Waals surface area contributed by atoms with Crippen molar-refractivity contribution in [3.63, 3.8) is 0 Å². The van der Waals surface area contributed by atoms with E-state index in [1.54, 1.807) is 7.05 Å². The highest BCUT2D eigenvalue weighted by Gasteiger charge is 2.33. The van der Waals surface area contributed by atoms with Crippen LogP contribution in [-0.4, -0.2) is 19.2 Å². The summed E-state index contributed by atoms with van der Waals surface area (Å²) in [6.45, 7) is 6.65. The fourth-order valence-electron chi connectivity index (χ4n) is 2.45. The van der Waals surface area contributed by atoms with Crippen molar-refractivity contribution in [2.75, 3.05) is 7.05 Å². The molecule has 3 heteroatoms. The molecular weight excluding hydrogens is 190 g/mol. The average molecular weight is 213 g/mol. The third kappa shape index (κ3) is 3.40. The molecule has 1 rings (SSSR count). The lowest BCUT2D eigenvalue weighted by atomic mass is 9.75. The minimum Gasteiger partial charge on any atom is -0.446 e. The fourth-order valence-corrected chi connectivity index (χ4v) is 2.45. The summed E-state index contributed by atoms with van der Waals surface area (Å²) in [6, 6.07) is 0. The zero-order valence-electron chi connectivity index (χ0n) is 10.2. The topological polar surface area (TPSA) is 38.3 Å². The molecule has 1 fully saturated rings. The van der Waals surface area contributed by atoms with Gasteiger partial charge in [0.2, 0.25) is 0 Å². The van der Waals surface area contributed by atoms with Crippen LogP contribution >= 0.6 is 0 Å². The van der Waals surface area contributed by atoms with Crippen LogP contribution in [0.15, 0.2) is 0 Å². The molecule has 1 N–H and O–H groups in total. The van der Waals surface area contributed by atoms with Crippen LogP contribution in [0, 0.1) is 17.8 Å². The van der Waals surface area contributed by atoms with Gasteiger partial charge in [0, 0.05) is 7.05 Å². The van der Waals surface area contributed by atoms with Crippen molar-refractivity contribution in [1.82, 2.24) is 5.32 Å². The van der Waals surface area contributed by atoms with Gasteiger partial charge in [0.1, 0.15) is 6.10 Å². The Morgan fingerprint density at radius 3 is 2.60 bits per heavy atom. The van der Waals surface area contributed by atoms with E-state index in [1.165, 1.54) is 12.8 Å². The maximum absolute atomic E-state index is 11.2. The first kappa shape index (κ1) is 12.3. The Balaban J connectivity index is 2.57. The molecule has 1 aliphatic rings. The van der Waals surface area contributed by atoms with Crippen LogP contribution in [0.25, 0.3) is 0 Å². The number of ether oxygens (including phenoxy) is 1. The Kier molecular flexibility index (Phi) is 4.43. The second-order valence-electron chi connectivity index (χ2n) is 5.02. The number of rotatable bonds is 2. The van der Waals surface area contributed by atoms with Crippen LogP contribution in [0.2, 0.25) is 0 Å². The van der Waals surface area contributed by atoms with E-state index < -0.39 is 0 Å². The molecular formula is C12H23NO2. The number of hydrogen-bond acceptors (Lipinski definition) is 2. The number of hydrogen-bond donors (Lipinski definition) is 1. The minimum atomic E-state index is -0.292. The Hall–Kier alpha value is -0.730. The SMILES string of the molecule is CNC(=O)O[C@H]1C[C@@H](C)CC[C@@H]1C(C)C. The van der Waals surface area contributed by atoms with Gasteiger partial charge in [-0.2, -0.15) is 0 Å². The Morgan fingerprint density at radius 1 is 1.40 bits per heavy atom. The van der Waals surface area contributed by atoms with Crippen molar-refractivity contribution in [2.24, 2.45) is 17.8 Å². The first-order valence-electron chi connectivity index (χ1n) is 5.93. The lowest BCUT2D eigenvalue weighted by molar-refractivity contribution is 0.00703. The van der Waals surface area contributed by atoms with Gasteiger partial charge in [0.15, 0.2) is 0 Å². The molecule has 1 saturated carbocycles. The molecule has 0 spiro atoms. The number of carbonyl (C=O) groups excluding carboxylic acids is 1. The van der Waals surface area contributed by atoms with Crippen molar-refractivity contribution < 1.29 is 9.53 Å². The van der Waals surface area contributed by atoms with E-state index in [0.717, 1.165) is 6.42 Å². The van der Waals surface area contributed by atoms with Gasteiger partial charge in [0.25, 0.3) is 0 Å². The van der Waals surface area contributed by atoms with Gasteiger partial charge in [-0.3, -0.25) is 0 Å². The minimum absolute atomic E-state index is 0.105. The Morgan fingerprint density at radius 2 is 2.07 bits per heavy atom. The third-order valence-electron chi connectivity index (χ3n) is 3.42. The first-order chi connectivity index (χ1) is 7.04. The summed E-state index contributed by atoms with van der Waals surface area (Å²) in [7, 11) is 1.61. The van der Waals surface area contributed by atoms with Gasteiger partial charge in [-0.25, -0.2) is 4.79 Å². The molecule has 0 aliphatic heterocycles. The first-order valence-corrected chi connectivity index (χ1v) is 5.93. The van der Waals surface area contributed by atoms with Crippen molar-refractivity contribution in [2.45, 2.75) is 46.1 Å². The second-order valence-corrected chi connectivity index (χ2v) is 5.02. The van der Waals surface area contributed by atoms with Crippen molar-refractivity contribution in [3.8, 4) is 0 Å².